The Hall–Kier alpha value is -3.37. The van der Waals surface area contributed by atoms with E-state index in [2.05, 4.69) is 30.1 Å². The Morgan fingerprint density at radius 3 is 2.89 bits per heavy atom. The topological polar surface area (TPSA) is 107 Å². The zero-order valence-corrected chi connectivity index (χ0v) is 14.6. The van der Waals surface area contributed by atoms with E-state index < -0.39 is 18.2 Å². The zero-order chi connectivity index (χ0) is 19.9. The van der Waals surface area contributed by atoms with Crippen molar-refractivity contribution in [2.75, 3.05) is 11.9 Å². The molecule has 1 fully saturated rings. The number of aromatic nitrogens is 2. The zero-order valence-electron chi connectivity index (χ0n) is 14.6. The van der Waals surface area contributed by atoms with Crippen molar-refractivity contribution in [3.05, 3.63) is 36.3 Å². The van der Waals surface area contributed by atoms with Crippen molar-refractivity contribution in [1.29, 1.82) is 0 Å². The van der Waals surface area contributed by atoms with E-state index in [0.717, 1.165) is 25.0 Å². The number of aliphatic imine (C=N–C) groups is 1. The summed E-state index contributed by atoms with van der Waals surface area (Å²) in [6, 6.07) is 5.59. The van der Waals surface area contributed by atoms with Crippen LogP contribution in [0.1, 0.15) is 12.8 Å². The van der Waals surface area contributed by atoms with Crippen LogP contribution in [-0.4, -0.2) is 41.2 Å². The molecule has 28 heavy (non-hydrogen) atoms. The van der Waals surface area contributed by atoms with Crippen molar-refractivity contribution in [2.24, 2.45) is 15.9 Å². The van der Waals surface area contributed by atoms with Crippen LogP contribution in [0.15, 0.2) is 40.6 Å². The van der Waals surface area contributed by atoms with Gasteiger partial charge in [0.25, 0.3) is 0 Å². The largest absolute Gasteiger partial charge is 0.457 e. The van der Waals surface area contributed by atoms with Crippen molar-refractivity contribution >= 4 is 23.4 Å². The van der Waals surface area contributed by atoms with Gasteiger partial charge in [0.05, 0.1) is 11.9 Å². The van der Waals surface area contributed by atoms with E-state index in [9.17, 15) is 13.2 Å². The van der Waals surface area contributed by atoms with Gasteiger partial charge in [0.2, 0.25) is 0 Å². The lowest BCUT2D eigenvalue weighted by Gasteiger charge is -2.07. The van der Waals surface area contributed by atoms with Gasteiger partial charge in [-0.05, 0) is 31.0 Å². The van der Waals surface area contributed by atoms with Gasteiger partial charge in [0.15, 0.2) is 11.6 Å². The second-order valence-corrected chi connectivity index (χ2v) is 5.80. The van der Waals surface area contributed by atoms with E-state index in [1.807, 2.05) is 0 Å². The number of rotatable bonds is 9. The highest BCUT2D eigenvalue weighted by Gasteiger charge is 2.21. The Bertz CT molecular complexity index is 874. The van der Waals surface area contributed by atoms with Gasteiger partial charge >= 0.3 is 12.6 Å². The molecule has 0 bridgehead atoms. The quantitative estimate of drug-likeness (QED) is 0.385. The molecule has 1 saturated carbocycles. The van der Waals surface area contributed by atoms with Gasteiger partial charge in [0, 0.05) is 18.3 Å². The molecule has 0 atom stereocenters. The van der Waals surface area contributed by atoms with Gasteiger partial charge in [0.1, 0.15) is 18.1 Å². The van der Waals surface area contributed by atoms with E-state index in [0.29, 0.717) is 11.9 Å². The third-order valence-electron chi connectivity index (χ3n) is 3.57. The van der Waals surface area contributed by atoms with E-state index in [1.165, 1.54) is 12.3 Å². The molecule has 1 aliphatic carbocycles. The maximum atomic E-state index is 13.4. The lowest BCUT2D eigenvalue weighted by Crippen LogP contribution is -2.16. The lowest BCUT2D eigenvalue weighted by molar-refractivity contribution is -0.0521. The highest BCUT2D eigenvalue weighted by atomic mass is 19.3. The van der Waals surface area contributed by atoms with E-state index in [1.54, 1.807) is 12.3 Å². The number of benzene rings is 1. The van der Waals surface area contributed by atoms with Crippen molar-refractivity contribution < 1.29 is 22.6 Å². The fourth-order valence-electron chi connectivity index (χ4n) is 2.08. The van der Waals surface area contributed by atoms with Crippen LogP contribution < -0.4 is 20.6 Å². The summed E-state index contributed by atoms with van der Waals surface area (Å²) >= 11 is 0. The van der Waals surface area contributed by atoms with Crippen molar-refractivity contribution in [3.8, 4) is 11.8 Å². The minimum atomic E-state index is -3.14. The average molecular weight is 394 g/mol. The Balaban J connectivity index is 1.60. The molecule has 0 unspecified atom stereocenters. The number of ether oxygens (including phenoxy) is 2. The van der Waals surface area contributed by atoms with Gasteiger partial charge in [-0.15, -0.1) is 0 Å². The molecule has 3 N–H and O–H groups in total. The summed E-state index contributed by atoms with van der Waals surface area (Å²) in [6.07, 6.45) is 5.03. The second-order valence-electron chi connectivity index (χ2n) is 5.80. The van der Waals surface area contributed by atoms with Crippen LogP contribution in [0.4, 0.5) is 24.7 Å². The van der Waals surface area contributed by atoms with E-state index >= 15 is 0 Å². The molecule has 3 rings (SSSR count). The first-order chi connectivity index (χ1) is 13.5. The normalized spacial score (nSPS) is 14.5. The number of anilines is 1. The maximum absolute atomic E-state index is 13.4. The standard InChI is InChI=1S/C17H17F3N6O2/c18-13-4-3-11(7-14(13)28-16(19)20)23-8-12(26-21)9-27-17-22-6-5-15(25-17)24-10-1-2-10/h3-8,10,16H,1-2,9,21H2,(H,22,24,25). The summed E-state index contributed by atoms with van der Waals surface area (Å²) in [5.41, 5.74) is 0.398. The minimum absolute atomic E-state index is 0.0749. The van der Waals surface area contributed by atoms with Crippen LogP contribution in [0.2, 0.25) is 0 Å². The van der Waals surface area contributed by atoms with Crippen LogP contribution >= 0.6 is 0 Å². The van der Waals surface area contributed by atoms with Gasteiger partial charge in [-0.25, -0.2) is 9.37 Å². The summed E-state index contributed by atoms with van der Waals surface area (Å²) in [5.74, 6) is 4.43. The Labute approximate surface area is 158 Å². The third kappa shape index (κ3) is 5.83. The molecule has 0 spiro atoms. The number of nitrogens with two attached hydrogens (primary N) is 1. The molecule has 1 aliphatic rings. The van der Waals surface area contributed by atoms with Crippen molar-refractivity contribution in [2.45, 2.75) is 25.5 Å². The van der Waals surface area contributed by atoms with Crippen LogP contribution in [0.5, 0.6) is 11.8 Å². The molecule has 1 aromatic carbocycles. The molecule has 0 amide bonds. The third-order valence-corrected chi connectivity index (χ3v) is 3.57. The number of halogens is 3. The molecule has 2 aromatic rings. The summed E-state index contributed by atoms with van der Waals surface area (Å²) in [4.78, 5) is 12.2. The van der Waals surface area contributed by atoms with Gasteiger partial charge < -0.3 is 20.6 Å². The second kappa shape index (κ2) is 9.02. The fourth-order valence-corrected chi connectivity index (χ4v) is 2.08. The molecule has 148 valence electrons. The van der Waals surface area contributed by atoms with E-state index in [4.69, 9.17) is 10.6 Å². The number of alkyl halides is 2. The van der Waals surface area contributed by atoms with Gasteiger partial charge in [-0.2, -0.15) is 18.9 Å². The van der Waals surface area contributed by atoms with Crippen LogP contribution in [0, 0.1) is 5.82 Å². The predicted molar refractivity (Wildman–Crippen MR) is 97.0 cm³/mol. The predicted octanol–water partition coefficient (Wildman–Crippen LogP) is 2.89. The first-order valence-electron chi connectivity index (χ1n) is 8.31. The molecule has 11 heteroatoms. The number of nitrogens with zero attached hydrogens (tertiary/aromatic N) is 4. The summed E-state index contributed by atoms with van der Waals surface area (Å²) < 4.78 is 47.5. The first-order valence-corrected chi connectivity index (χ1v) is 8.31. The Morgan fingerprint density at radius 1 is 1.36 bits per heavy atom. The SMILES string of the molecule is NN=C(C=Nc1ccc(F)c(OC(F)F)c1)COc1nccc(NC2CC2)n1. The number of hydrogen-bond acceptors (Lipinski definition) is 8. The molecule has 0 aliphatic heterocycles. The van der Waals surface area contributed by atoms with Crippen LogP contribution in [-0.2, 0) is 0 Å². The highest BCUT2D eigenvalue weighted by Crippen LogP contribution is 2.25. The fraction of sp³-hybridized carbons (Fsp3) is 0.294. The van der Waals surface area contributed by atoms with Crippen LogP contribution in [0.3, 0.4) is 0 Å². The Kier molecular flexibility index (Phi) is 6.25. The van der Waals surface area contributed by atoms with Crippen molar-refractivity contribution in [3.63, 3.8) is 0 Å². The number of hydrazone groups is 1. The van der Waals surface area contributed by atoms with Gasteiger partial charge in [-0.1, -0.05) is 0 Å². The summed E-state index contributed by atoms with van der Waals surface area (Å²) in [5, 5.41) is 6.75. The molecule has 8 nitrogen and oxygen atoms in total. The molecule has 1 heterocycles. The smallest absolute Gasteiger partial charge is 0.387 e. The number of hydrogen-bond donors (Lipinski definition) is 2. The summed E-state index contributed by atoms with van der Waals surface area (Å²) in [7, 11) is 0. The summed E-state index contributed by atoms with van der Waals surface area (Å²) in [6.45, 7) is -3.22. The number of nitrogens with one attached hydrogen (secondary N) is 1. The highest BCUT2D eigenvalue weighted by molar-refractivity contribution is 6.31. The maximum Gasteiger partial charge on any atom is 0.387 e. The molecule has 1 aromatic heterocycles. The monoisotopic (exact) mass is 394 g/mol. The molecular formula is C17H17F3N6O2. The Morgan fingerprint density at radius 2 is 2.18 bits per heavy atom. The van der Waals surface area contributed by atoms with Gasteiger partial charge in [-0.3, -0.25) is 4.99 Å². The minimum Gasteiger partial charge on any atom is -0.457 e. The molecule has 0 saturated heterocycles. The van der Waals surface area contributed by atoms with Crippen LogP contribution in [0.25, 0.3) is 0 Å². The lowest BCUT2D eigenvalue weighted by atomic mass is 10.3. The molecule has 0 radical (unpaired) electrons. The van der Waals surface area contributed by atoms with Crippen molar-refractivity contribution in [1.82, 2.24) is 9.97 Å². The molecular weight excluding hydrogens is 377 g/mol. The van der Waals surface area contributed by atoms with E-state index in [-0.39, 0.29) is 24.0 Å². The first kappa shape index (κ1) is 19.4. The average Bonchev–Trinajstić information content (AvgIpc) is 3.48.